The highest BCUT2D eigenvalue weighted by Gasteiger charge is 2.34. The van der Waals surface area contributed by atoms with Crippen LogP contribution < -0.4 is 4.90 Å². The molecule has 1 aliphatic heterocycles. The average Bonchev–Trinajstić information content (AvgIpc) is 2.64. The van der Waals surface area contributed by atoms with Gasteiger partial charge in [-0.1, -0.05) is 19.3 Å². The lowest BCUT2D eigenvalue weighted by Gasteiger charge is -2.43. The van der Waals surface area contributed by atoms with E-state index in [4.69, 9.17) is 0 Å². The average molecular weight is 372 g/mol. The minimum absolute atomic E-state index is 0.0725. The van der Waals surface area contributed by atoms with E-state index in [9.17, 15) is 18.3 Å². The lowest BCUT2D eigenvalue weighted by Crippen LogP contribution is -2.55. The van der Waals surface area contributed by atoms with Crippen molar-refractivity contribution in [2.45, 2.75) is 50.7 Å². The molecule has 146 valence electrons. The first kappa shape index (κ1) is 19.4. The molecule has 2 fully saturated rings. The van der Waals surface area contributed by atoms with E-state index in [-0.39, 0.29) is 18.6 Å². The molecule has 0 amide bonds. The second-order valence-corrected chi connectivity index (χ2v) is 7.35. The molecular formula is C18H27F3N4O. The molecule has 1 aliphatic carbocycles. The Bertz CT molecular complexity index is 578. The first-order valence-corrected chi connectivity index (χ1v) is 9.47. The van der Waals surface area contributed by atoms with Gasteiger partial charge in [0.1, 0.15) is 5.69 Å². The summed E-state index contributed by atoms with van der Waals surface area (Å²) < 4.78 is 38.7. The second-order valence-electron chi connectivity index (χ2n) is 7.35. The fourth-order valence-corrected chi connectivity index (χ4v) is 4.10. The zero-order valence-electron chi connectivity index (χ0n) is 15.0. The minimum atomic E-state index is -4.47. The molecule has 2 aliphatic rings. The van der Waals surface area contributed by atoms with Crippen LogP contribution >= 0.6 is 0 Å². The summed E-state index contributed by atoms with van der Waals surface area (Å²) in [6, 6.07) is 1.02. The Morgan fingerprint density at radius 2 is 1.92 bits per heavy atom. The van der Waals surface area contributed by atoms with Crippen molar-refractivity contribution in [3.63, 3.8) is 0 Å². The molecule has 3 rings (SSSR count). The third-order valence-electron chi connectivity index (χ3n) is 5.50. The molecule has 1 N–H and O–H groups in total. The molecule has 8 heteroatoms. The van der Waals surface area contributed by atoms with E-state index in [1.807, 2.05) is 4.90 Å². The molecular weight excluding hydrogens is 345 g/mol. The number of rotatable bonds is 5. The van der Waals surface area contributed by atoms with Gasteiger partial charge >= 0.3 is 6.18 Å². The van der Waals surface area contributed by atoms with Crippen LogP contribution in [0.3, 0.4) is 0 Å². The summed E-state index contributed by atoms with van der Waals surface area (Å²) in [6.07, 6.45) is 3.71. The van der Waals surface area contributed by atoms with Crippen LogP contribution in [0.5, 0.6) is 0 Å². The van der Waals surface area contributed by atoms with Crippen molar-refractivity contribution in [3.05, 3.63) is 18.0 Å². The molecule has 1 atom stereocenters. The molecule has 5 nitrogen and oxygen atoms in total. The van der Waals surface area contributed by atoms with E-state index in [0.29, 0.717) is 25.4 Å². The largest absolute Gasteiger partial charge is 0.433 e. The van der Waals surface area contributed by atoms with Crippen molar-refractivity contribution < 1.29 is 18.3 Å². The van der Waals surface area contributed by atoms with Crippen molar-refractivity contribution in [2.75, 3.05) is 37.7 Å². The van der Waals surface area contributed by atoms with Crippen molar-refractivity contribution in [2.24, 2.45) is 5.92 Å². The minimum Gasteiger partial charge on any atom is -0.396 e. The summed E-state index contributed by atoms with van der Waals surface area (Å²) in [5, 5.41) is 9.42. The van der Waals surface area contributed by atoms with Gasteiger partial charge in [0, 0.05) is 45.0 Å². The number of hydrogen-bond donors (Lipinski definition) is 1. The van der Waals surface area contributed by atoms with Crippen LogP contribution in [0.4, 0.5) is 19.1 Å². The molecule has 0 unspecified atom stereocenters. The summed E-state index contributed by atoms with van der Waals surface area (Å²) >= 11 is 0. The fraction of sp³-hybridized carbons (Fsp3) is 0.778. The SMILES string of the molecule is OCC[C@H]1CN(c2nccc(C(F)(F)F)n2)CCN1CC1CCCCC1. The molecule has 0 bridgehead atoms. The van der Waals surface area contributed by atoms with Gasteiger partial charge in [-0.3, -0.25) is 4.90 Å². The molecule has 26 heavy (non-hydrogen) atoms. The van der Waals surface area contributed by atoms with Gasteiger partial charge in [0.25, 0.3) is 0 Å². The molecule has 2 heterocycles. The highest BCUT2D eigenvalue weighted by molar-refractivity contribution is 5.32. The lowest BCUT2D eigenvalue weighted by atomic mass is 9.88. The third-order valence-corrected chi connectivity index (χ3v) is 5.50. The Labute approximate surface area is 152 Å². The van der Waals surface area contributed by atoms with E-state index in [2.05, 4.69) is 14.9 Å². The van der Waals surface area contributed by atoms with Gasteiger partial charge in [0.15, 0.2) is 0 Å². The van der Waals surface area contributed by atoms with Crippen LogP contribution in [0.15, 0.2) is 12.3 Å². The van der Waals surface area contributed by atoms with Crippen molar-refractivity contribution in [1.82, 2.24) is 14.9 Å². The molecule has 1 saturated heterocycles. The van der Waals surface area contributed by atoms with Gasteiger partial charge in [-0.05, 0) is 31.2 Å². The first-order valence-electron chi connectivity index (χ1n) is 9.47. The molecule has 1 aromatic heterocycles. The lowest BCUT2D eigenvalue weighted by molar-refractivity contribution is -0.141. The topological polar surface area (TPSA) is 52.5 Å². The van der Waals surface area contributed by atoms with Crippen LogP contribution in [-0.4, -0.2) is 58.8 Å². The smallest absolute Gasteiger partial charge is 0.396 e. The predicted molar refractivity (Wildman–Crippen MR) is 92.9 cm³/mol. The van der Waals surface area contributed by atoms with Crippen LogP contribution in [0.25, 0.3) is 0 Å². The fourth-order valence-electron chi connectivity index (χ4n) is 4.10. The van der Waals surface area contributed by atoms with Crippen molar-refractivity contribution in [3.8, 4) is 0 Å². The third kappa shape index (κ3) is 4.85. The Morgan fingerprint density at radius 1 is 1.15 bits per heavy atom. The van der Waals surface area contributed by atoms with Crippen LogP contribution in [0, 0.1) is 5.92 Å². The number of aromatic nitrogens is 2. The molecule has 0 aromatic carbocycles. The van der Waals surface area contributed by atoms with Gasteiger partial charge in [-0.2, -0.15) is 13.2 Å². The Hall–Kier alpha value is -1.41. The Balaban J connectivity index is 1.67. The maximum Gasteiger partial charge on any atom is 0.433 e. The number of halogens is 3. The van der Waals surface area contributed by atoms with Crippen LogP contribution in [0.2, 0.25) is 0 Å². The van der Waals surface area contributed by atoms with Crippen molar-refractivity contribution >= 4 is 5.95 Å². The van der Waals surface area contributed by atoms with Crippen LogP contribution in [-0.2, 0) is 6.18 Å². The number of alkyl halides is 3. The van der Waals surface area contributed by atoms with Crippen LogP contribution in [0.1, 0.15) is 44.2 Å². The molecule has 1 saturated carbocycles. The van der Waals surface area contributed by atoms with E-state index in [0.717, 1.165) is 19.2 Å². The standard InChI is InChI=1S/C18H27F3N4O/c19-18(20,21)16-6-8-22-17(23-16)25-10-9-24(15(13-25)7-11-26)12-14-4-2-1-3-5-14/h6,8,14-15,26H,1-5,7,9-13H2/t15-/m0/s1. The van der Waals surface area contributed by atoms with Gasteiger partial charge < -0.3 is 10.0 Å². The summed E-state index contributed by atoms with van der Waals surface area (Å²) in [5.41, 5.74) is -0.911. The summed E-state index contributed by atoms with van der Waals surface area (Å²) in [7, 11) is 0. The zero-order chi connectivity index (χ0) is 18.6. The number of aliphatic hydroxyl groups excluding tert-OH is 1. The van der Waals surface area contributed by atoms with E-state index >= 15 is 0 Å². The summed E-state index contributed by atoms with van der Waals surface area (Å²) in [5.74, 6) is 0.821. The first-order chi connectivity index (χ1) is 12.5. The normalized spacial score (nSPS) is 23.4. The van der Waals surface area contributed by atoms with Gasteiger partial charge in [-0.25, -0.2) is 9.97 Å². The molecule has 0 radical (unpaired) electrons. The zero-order valence-corrected chi connectivity index (χ0v) is 15.0. The Kier molecular flexibility index (Phi) is 6.34. The van der Waals surface area contributed by atoms with E-state index < -0.39 is 11.9 Å². The number of nitrogens with zero attached hydrogens (tertiary/aromatic N) is 4. The van der Waals surface area contributed by atoms with E-state index in [1.54, 1.807) is 0 Å². The quantitative estimate of drug-likeness (QED) is 0.861. The summed E-state index contributed by atoms with van der Waals surface area (Å²) in [4.78, 5) is 12.0. The number of hydrogen-bond acceptors (Lipinski definition) is 5. The Morgan fingerprint density at radius 3 is 2.62 bits per heavy atom. The highest BCUT2D eigenvalue weighted by Crippen LogP contribution is 2.29. The molecule has 1 aromatic rings. The van der Waals surface area contributed by atoms with Gasteiger partial charge in [-0.15, -0.1) is 0 Å². The van der Waals surface area contributed by atoms with Crippen molar-refractivity contribution in [1.29, 1.82) is 0 Å². The number of aliphatic hydroxyl groups is 1. The maximum atomic E-state index is 12.9. The number of piperazine rings is 1. The summed E-state index contributed by atoms with van der Waals surface area (Å²) in [6.45, 7) is 3.01. The number of anilines is 1. The highest BCUT2D eigenvalue weighted by atomic mass is 19.4. The second kappa shape index (κ2) is 8.52. The maximum absolute atomic E-state index is 12.9. The van der Waals surface area contributed by atoms with Gasteiger partial charge in [0.05, 0.1) is 0 Å². The van der Waals surface area contributed by atoms with Gasteiger partial charge in [0.2, 0.25) is 5.95 Å². The monoisotopic (exact) mass is 372 g/mol. The predicted octanol–water partition coefficient (Wildman–Crippen LogP) is 2.95. The molecule has 0 spiro atoms. The van der Waals surface area contributed by atoms with E-state index in [1.165, 1.54) is 38.3 Å².